The molecule has 6 nitrogen and oxygen atoms in total. The van der Waals surface area contributed by atoms with Crippen molar-refractivity contribution in [1.29, 1.82) is 5.26 Å². The minimum absolute atomic E-state index is 0.400. The number of hydrogen-bond donors (Lipinski definition) is 0. The highest BCUT2D eigenvalue weighted by molar-refractivity contribution is 5.28. The SMILES string of the molecule is N#Cc1ccc(OC[C@H]2CN(CC3CC3)Cc3cncn3C2)nc1. The Bertz CT molecular complexity index is 729. The monoisotopic (exact) mass is 323 g/mol. The average molecular weight is 323 g/mol. The summed E-state index contributed by atoms with van der Waals surface area (Å²) < 4.78 is 8.12. The molecule has 4 rings (SSSR count). The van der Waals surface area contributed by atoms with Crippen molar-refractivity contribution in [2.24, 2.45) is 11.8 Å². The van der Waals surface area contributed by atoms with Crippen LogP contribution in [0.3, 0.4) is 0 Å². The second kappa shape index (κ2) is 6.62. The first-order chi connectivity index (χ1) is 11.8. The molecule has 1 saturated carbocycles. The van der Waals surface area contributed by atoms with Gasteiger partial charge in [-0.15, -0.1) is 0 Å². The zero-order chi connectivity index (χ0) is 16.4. The Balaban J connectivity index is 1.41. The van der Waals surface area contributed by atoms with Gasteiger partial charge in [0, 0.05) is 50.6 Å². The first kappa shape index (κ1) is 15.2. The summed E-state index contributed by atoms with van der Waals surface area (Å²) in [4.78, 5) is 11.0. The molecule has 1 fully saturated rings. The fourth-order valence-corrected chi connectivity index (χ4v) is 3.28. The summed E-state index contributed by atoms with van der Waals surface area (Å²) >= 11 is 0. The summed E-state index contributed by atoms with van der Waals surface area (Å²) in [6.45, 7) is 4.73. The normalized spacial score (nSPS) is 20.9. The molecule has 2 aromatic rings. The van der Waals surface area contributed by atoms with Crippen LogP contribution in [0.2, 0.25) is 0 Å². The Morgan fingerprint density at radius 1 is 1.21 bits per heavy atom. The highest BCUT2D eigenvalue weighted by Crippen LogP contribution is 2.31. The van der Waals surface area contributed by atoms with E-state index in [1.54, 1.807) is 18.3 Å². The molecule has 3 heterocycles. The molecule has 2 aliphatic rings. The van der Waals surface area contributed by atoms with Crippen molar-refractivity contribution in [3.05, 3.63) is 42.1 Å². The van der Waals surface area contributed by atoms with E-state index in [0.29, 0.717) is 24.0 Å². The Morgan fingerprint density at radius 2 is 2.12 bits per heavy atom. The van der Waals surface area contributed by atoms with Gasteiger partial charge in [-0.1, -0.05) is 0 Å². The van der Waals surface area contributed by atoms with Gasteiger partial charge in [0.2, 0.25) is 5.88 Å². The van der Waals surface area contributed by atoms with Crippen LogP contribution in [-0.2, 0) is 13.1 Å². The van der Waals surface area contributed by atoms with E-state index in [9.17, 15) is 0 Å². The van der Waals surface area contributed by atoms with E-state index >= 15 is 0 Å². The van der Waals surface area contributed by atoms with Crippen LogP contribution in [0.1, 0.15) is 24.1 Å². The zero-order valence-corrected chi connectivity index (χ0v) is 13.6. The average Bonchev–Trinajstić information content (AvgIpc) is 3.35. The highest BCUT2D eigenvalue weighted by Gasteiger charge is 2.28. The van der Waals surface area contributed by atoms with Gasteiger partial charge in [-0.3, -0.25) is 4.90 Å². The van der Waals surface area contributed by atoms with Gasteiger partial charge in [0.25, 0.3) is 0 Å². The van der Waals surface area contributed by atoms with Gasteiger partial charge in [0.1, 0.15) is 6.07 Å². The number of nitrogens with zero attached hydrogens (tertiary/aromatic N) is 5. The maximum absolute atomic E-state index is 8.83. The molecule has 0 bridgehead atoms. The minimum atomic E-state index is 0.400. The lowest BCUT2D eigenvalue weighted by Crippen LogP contribution is -2.32. The van der Waals surface area contributed by atoms with Crippen LogP contribution >= 0.6 is 0 Å². The third-order valence-electron chi connectivity index (χ3n) is 4.70. The van der Waals surface area contributed by atoms with Gasteiger partial charge in [0.15, 0.2) is 0 Å². The molecule has 0 saturated heterocycles. The van der Waals surface area contributed by atoms with Crippen LogP contribution in [0.15, 0.2) is 30.9 Å². The summed E-state index contributed by atoms with van der Waals surface area (Å²) in [5, 5.41) is 8.83. The van der Waals surface area contributed by atoms with E-state index in [1.807, 2.05) is 12.5 Å². The van der Waals surface area contributed by atoms with Crippen molar-refractivity contribution < 1.29 is 4.74 Å². The topological polar surface area (TPSA) is 67.0 Å². The third kappa shape index (κ3) is 3.57. The van der Waals surface area contributed by atoms with E-state index in [-0.39, 0.29) is 0 Å². The lowest BCUT2D eigenvalue weighted by molar-refractivity contribution is 0.165. The summed E-state index contributed by atoms with van der Waals surface area (Å²) in [7, 11) is 0. The molecule has 0 unspecified atom stereocenters. The van der Waals surface area contributed by atoms with Crippen LogP contribution in [0, 0.1) is 23.2 Å². The molecule has 124 valence electrons. The number of aromatic nitrogens is 3. The summed E-state index contributed by atoms with van der Waals surface area (Å²) in [5.74, 6) is 1.86. The standard InChI is InChI=1S/C18H21N5O/c19-5-15-3-4-18(21-6-15)24-12-16-9-22(8-14-1-2-14)11-17-7-20-13-23(17)10-16/h3-4,6-7,13-14,16H,1-2,8-12H2/t16-/m0/s1. The Morgan fingerprint density at radius 3 is 2.88 bits per heavy atom. The van der Waals surface area contributed by atoms with Gasteiger partial charge in [-0.25, -0.2) is 9.97 Å². The number of hydrogen-bond acceptors (Lipinski definition) is 5. The Kier molecular flexibility index (Phi) is 4.18. The molecular weight excluding hydrogens is 302 g/mol. The maximum Gasteiger partial charge on any atom is 0.213 e. The number of nitriles is 1. The van der Waals surface area contributed by atoms with Gasteiger partial charge in [-0.05, 0) is 24.8 Å². The van der Waals surface area contributed by atoms with Crippen molar-refractivity contribution >= 4 is 0 Å². The lowest BCUT2D eigenvalue weighted by atomic mass is 10.1. The number of imidazole rings is 1. The van der Waals surface area contributed by atoms with Crippen LogP contribution in [-0.4, -0.2) is 39.1 Å². The number of ether oxygens (including phenoxy) is 1. The van der Waals surface area contributed by atoms with Crippen LogP contribution in [0.5, 0.6) is 5.88 Å². The minimum Gasteiger partial charge on any atom is -0.477 e. The largest absolute Gasteiger partial charge is 0.477 e. The summed E-state index contributed by atoms with van der Waals surface area (Å²) in [5.41, 5.74) is 1.84. The first-order valence-corrected chi connectivity index (χ1v) is 8.50. The molecule has 0 spiro atoms. The number of pyridine rings is 1. The van der Waals surface area contributed by atoms with Gasteiger partial charge in [0.05, 0.1) is 24.2 Å². The second-order valence-corrected chi connectivity index (χ2v) is 6.85. The molecule has 0 aromatic carbocycles. The summed E-state index contributed by atoms with van der Waals surface area (Å²) in [6, 6.07) is 5.57. The van der Waals surface area contributed by atoms with Gasteiger partial charge >= 0.3 is 0 Å². The molecule has 0 N–H and O–H groups in total. The predicted molar refractivity (Wildman–Crippen MR) is 88.2 cm³/mol. The smallest absolute Gasteiger partial charge is 0.213 e. The lowest BCUT2D eigenvalue weighted by Gasteiger charge is -2.23. The fraction of sp³-hybridized carbons (Fsp3) is 0.500. The van der Waals surface area contributed by atoms with E-state index in [2.05, 4.69) is 25.5 Å². The Labute approximate surface area is 141 Å². The van der Waals surface area contributed by atoms with Crippen LogP contribution in [0.4, 0.5) is 0 Å². The molecule has 24 heavy (non-hydrogen) atoms. The van der Waals surface area contributed by atoms with Gasteiger partial charge in [-0.2, -0.15) is 5.26 Å². The van der Waals surface area contributed by atoms with E-state index in [1.165, 1.54) is 25.1 Å². The molecular formula is C18H21N5O. The number of rotatable bonds is 5. The Hall–Kier alpha value is -2.39. The van der Waals surface area contributed by atoms with E-state index < -0.39 is 0 Å². The maximum atomic E-state index is 8.83. The zero-order valence-electron chi connectivity index (χ0n) is 13.6. The molecule has 0 radical (unpaired) electrons. The van der Waals surface area contributed by atoms with Crippen molar-refractivity contribution in [2.45, 2.75) is 25.9 Å². The number of fused-ring (bicyclic) bond motifs is 1. The fourth-order valence-electron chi connectivity index (χ4n) is 3.28. The van der Waals surface area contributed by atoms with Crippen LogP contribution < -0.4 is 4.74 Å². The molecule has 6 heteroatoms. The molecule has 2 aromatic heterocycles. The van der Waals surface area contributed by atoms with Crippen molar-refractivity contribution in [3.8, 4) is 11.9 Å². The van der Waals surface area contributed by atoms with Gasteiger partial charge < -0.3 is 9.30 Å². The molecule has 1 aliphatic carbocycles. The van der Waals surface area contributed by atoms with E-state index in [4.69, 9.17) is 10.00 Å². The predicted octanol–water partition coefficient (Wildman–Crippen LogP) is 2.07. The highest BCUT2D eigenvalue weighted by atomic mass is 16.5. The molecule has 1 atom stereocenters. The van der Waals surface area contributed by atoms with Crippen LogP contribution in [0.25, 0.3) is 0 Å². The van der Waals surface area contributed by atoms with Crippen molar-refractivity contribution in [2.75, 3.05) is 19.7 Å². The van der Waals surface area contributed by atoms with Crippen molar-refractivity contribution in [1.82, 2.24) is 19.4 Å². The second-order valence-electron chi connectivity index (χ2n) is 6.85. The quantitative estimate of drug-likeness (QED) is 0.842. The molecule has 1 aliphatic heterocycles. The molecule has 0 amide bonds. The van der Waals surface area contributed by atoms with E-state index in [0.717, 1.165) is 25.6 Å². The van der Waals surface area contributed by atoms with Crippen molar-refractivity contribution in [3.63, 3.8) is 0 Å². The summed E-state index contributed by atoms with van der Waals surface area (Å²) in [6.07, 6.45) is 8.18. The third-order valence-corrected chi connectivity index (χ3v) is 4.70. The first-order valence-electron chi connectivity index (χ1n) is 8.50.